The standard InChI is InChI=1S/2C10H8O.2C10H7.O.Ti/c2*11-10-6-5-8-3-1-2-4-9(8)7-10;2*1-2-6-10-8-4-3-7-9(10)5-1;;/h2*1-7,11H;2*1-3,5-8H;;/q;;2*-1;;+2. The fourth-order valence-electron chi connectivity index (χ4n) is 4.49. The molecule has 3 nitrogen and oxygen atoms in total. The van der Waals surface area contributed by atoms with E-state index < -0.39 is 0 Å². The maximum atomic E-state index is 9.13. The van der Waals surface area contributed by atoms with Gasteiger partial charge in [-0.2, -0.15) is 48.5 Å². The van der Waals surface area contributed by atoms with Gasteiger partial charge >= 0.3 is 23.7 Å². The van der Waals surface area contributed by atoms with Gasteiger partial charge in [0.05, 0.1) is 0 Å². The van der Waals surface area contributed by atoms with Crippen LogP contribution < -0.4 is 0 Å². The number of hydrogen-bond donors (Lipinski definition) is 2. The molecule has 4 heteroatoms. The van der Waals surface area contributed by atoms with Crippen LogP contribution in [0, 0.1) is 12.1 Å². The SMILES string of the molecule is Oc1ccc2ccccc2c1.Oc1ccc2ccccc2c1.[O]=[Ti+2].[c-]1ccc2ccccc2c1.[c-]1ccc2ccccc2c1. The van der Waals surface area contributed by atoms with Gasteiger partial charge in [0.2, 0.25) is 0 Å². The van der Waals surface area contributed by atoms with Crippen LogP contribution in [0.15, 0.2) is 170 Å². The van der Waals surface area contributed by atoms with Gasteiger partial charge in [-0.15, -0.1) is 33.7 Å². The first-order valence-corrected chi connectivity index (χ1v) is 14.6. The molecule has 0 fully saturated rings. The molecule has 0 aliphatic heterocycles. The molecule has 0 unspecified atom stereocenters. The zero-order valence-electron chi connectivity index (χ0n) is 24.0. The van der Waals surface area contributed by atoms with E-state index in [4.69, 9.17) is 13.5 Å². The maximum absolute atomic E-state index is 9.13. The Labute approximate surface area is 269 Å². The summed E-state index contributed by atoms with van der Waals surface area (Å²) in [6.07, 6.45) is 0. The molecule has 8 aromatic rings. The zero-order valence-corrected chi connectivity index (χ0v) is 25.5. The summed E-state index contributed by atoms with van der Waals surface area (Å²) in [4.78, 5) is 0. The van der Waals surface area contributed by atoms with E-state index in [9.17, 15) is 0 Å². The van der Waals surface area contributed by atoms with E-state index in [1.165, 1.54) is 21.5 Å². The van der Waals surface area contributed by atoms with Crippen molar-refractivity contribution >= 4 is 43.1 Å². The van der Waals surface area contributed by atoms with Crippen molar-refractivity contribution in [1.82, 2.24) is 0 Å². The average Bonchev–Trinajstić information content (AvgIpc) is 3.10. The molecule has 0 heterocycles. The van der Waals surface area contributed by atoms with Crippen LogP contribution in [-0.4, -0.2) is 10.2 Å². The second-order valence-corrected chi connectivity index (χ2v) is 9.61. The van der Waals surface area contributed by atoms with Crippen molar-refractivity contribution in [2.24, 2.45) is 0 Å². The average molecular weight is 607 g/mol. The fourth-order valence-corrected chi connectivity index (χ4v) is 4.49. The number of hydrogen-bond acceptors (Lipinski definition) is 3. The number of rotatable bonds is 0. The van der Waals surface area contributed by atoms with Crippen LogP contribution in [0.3, 0.4) is 0 Å². The molecule has 0 amide bonds. The third-order valence-corrected chi connectivity index (χ3v) is 6.65. The van der Waals surface area contributed by atoms with Crippen molar-refractivity contribution in [2.45, 2.75) is 0 Å². The maximum Gasteiger partial charge on any atom is -0.0648 e. The number of phenols is 2. The summed E-state index contributed by atoms with van der Waals surface area (Å²) in [7, 11) is 0. The van der Waals surface area contributed by atoms with Crippen LogP contribution in [0.5, 0.6) is 11.5 Å². The summed E-state index contributed by atoms with van der Waals surface area (Å²) in [6, 6.07) is 61.2. The van der Waals surface area contributed by atoms with E-state index in [1.807, 2.05) is 109 Å². The van der Waals surface area contributed by atoms with E-state index in [0.29, 0.717) is 11.5 Å². The molecule has 8 aromatic carbocycles. The Bertz CT molecular complexity index is 1780. The Kier molecular flexibility index (Phi) is 12.4. The Morgan fingerprint density at radius 2 is 0.659 bits per heavy atom. The van der Waals surface area contributed by atoms with Crippen molar-refractivity contribution in [1.29, 1.82) is 0 Å². The van der Waals surface area contributed by atoms with Gasteiger partial charge in [0, 0.05) is 0 Å². The molecule has 44 heavy (non-hydrogen) atoms. The van der Waals surface area contributed by atoms with Crippen LogP contribution in [0.25, 0.3) is 43.1 Å². The van der Waals surface area contributed by atoms with E-state index in [0.717, 1.165) is 41.9 Å². The summed E-state index contributed by atoms with van der Waals surface area (Å²) in [5.74, 6) is 0.646. The van der Waals surface area contributed by atoms with E-state index in [2.05, 4.69) is 48.5 Å². The first-order valence-electron chi connectivity index (χ1n) is 13.9. The van der Waals surface area contributed by atoms with Crippen LogP contribution >= 0.6 is 0 Å². The second-order valence-electron chi connectivity index (χ2n) is 9.61. The molecule has 8 rings (SSSR count). The van der Waals surface area contributed by atoms with Crippen LogP contribution in [0.2, 0.25) is 0 Å². The number of phenolic OH excluding ortho intramolecular Hbond substituents is 2. The quantitative estimate of drug-likeness (QED) is 0.133. The predicted molar refractivity (Wildman–Crippen MR) is 177 cm³/mol. The first-order chi connectivity index (χ1) is 21.7. The van der Waals surface area contributed by atoms with Crippen molar-refractivity contribution in [3.63, 3.8) is 0 Å². The molecule has 0 aromatic heterocycles. The van der Waals surface area contributed by atoms with Crippen molar-refractivity contribution in [3.8, 4) is 11.5 Å². The fraction of sp³-hybridized carbons (Fsp3) is 0. The van der Waals surface area contributed by atoms with E-state index in [-0.39, 0.29) is 0 Å². The molecule has 0 aliphatic carbocycles. The third-order valence-electron chi connectivity index (χ3n) is 6.65. The van der Waals surface area contributed by atoms with Gasteiger partial charge in [0.1, 0.15) is 11.5 Å². The Morgan fingerprint density at radius 1 is 0.364 bits per heavy atom. The molecule has 0 aliphatic rings. The number of benzene rings is 8. The molecular formula is C40H30O3Ti. The largest absolute Gasteiger partial charge is 0.183 e. The Balaban J connectivity index is 0.000000131. The van der Waals surface area contributed by atoms with Crippen molar-refractivity contribution in [3.05, 3.63) is 182 Å². The second kappa shape index (κ2) is 17.1. The molecule has 0 spiro atoms. The summed E-state index contributed by atoms with van der Waals surface area (Å²) >= 11 is 0.750. The smallest absolute Gasteiger partial charge is 0.0648 e. The van der Waals surface area contributed by atoms with Crippen LogP contribution in [0.4, 0.5) is 0 Å². The summed E-state index contributed by atoms with van der Waals surface area (Å²) in [5, 5.41) is 27.8. The van der Waals surface area contributed by atoms with Gasteiger partial charge in [-0.1, -0.05) is 97.1 Å². The van der Waals surface area contributed by atoms with Gasteiger partial charge < -0.3 is 10.2 Å². The Hall–Kier alpha value is -5.09. The summed E-state index contributed by atoms with van der Waals surface area (Å²) in [5.41, 5.74) is 0. The molecule has 0 saturated carbocycles. The van der Waals surface area contributed by atoms with Gasteiger partial charge in [-0.3, -0.25) is 0 Å². The molecule has 212 valence electrons. The zero-order chi connectivity index (χ0) is 31.0. The van der Waals surface area contributed by atoms with E-state index >= 15 is 0 Å². The van der Waals surface area contributed by atoms with Gasteiger partial charge in [-0.05, 0) is 45.8 Å². The topological polar surface area (TPSA) is 57.5 Å². The molecule has 0 saturated heterocycles. The molecule has 0 radical (unpaired) electrons. The van der Waals surface area contributed by atoms with Gasteiger partial charge in [-0.25, -0.2) is 0 Å². The van der Waals surface area contributed by atoms with Crippen molar-refractivity contribution < 1.29 is 33.9 Å². The summed E-state index contributed by atoms with van der Waals surface area (Å²) in [6.45, 7) is 0. The number of fused-ring (bicyclic) bond motifs is 4. The normalized spacial score (nSPS) is 9.77. The minimum Gasteiger partial charge on any atom is -0.183 e. The first kappa shape index (κ1) is 31.8. The third kappa shape index (κ3) is 9.47. The monoisotopic (exact) mass is 606 g/mol. The number of aromatic hydroxyl groups is 2. The predicted octanol–water partition coefficient (Wildman–Crippen LogP) is 10.2. The minimum absolute atomic E-state index is 0.323. The van der Waals surface area contributed by atoms with Crippen LogP contribution in [-0.2, 0) is 23.7 Å². The van der Waals surface area contributed by atoms with E-state index in [1.54, 1.807) is 24.3 Å². The van der Waals surface area contributed by atoms with Crippen molar-refractivity contribution in [2.75, 3.05) is 0 Å². The molecule has 0 bridgehead atoms. The Morgan fingerprint density at radius 3 is 1.00 bits per heavy atom. The van der Waals surface area contributed by atoms with Gasteiger partial charge in [0.15, 0.2) is 0 Å². The molecular weight excluding hydrogens is 576 g/mol. The van der Waals surface area contributed by atoms with Crippen LogP contribution in [0.1, 0.15) is 0 Å². The summed E-state index contributed by atoms with van der Waals surface area (Å²) < 4.78 is 8.25. The molecule has 0 atom stereocenters. The minimum atomic E-state index is 0.323. The molecule has 2 N–H and O–H groups in total. The van der Waals surface area contributed by atoms with Gasteiger partial charge in [0.25, 0.3) is 0 Å².